The third-order valence-corrected chi connectivity index (χ3v) is 3.00. The first-order chi connectivity index (χ1) is 7.43. The molecule has 0 aromatic rings. The number of carboxylic acids is 1. The first-order valence-corrected chi connectivity index (χ1v) is 5.87. The Kier molecular flexibility index (Phi) is 4.41. The quantitative estimate of drug-likeness (QED) is 0.760. The Morgan fingerprint density at radius 2 is 2.19 bits per heavy atom. The Morgan fingerprint density at radius 1 is 1.56 bits per heavy atom. The lowest BCUT2D eigenvalue weighted by molar-refractivity contribution is -0.149. The maximum atomic E-state index is 12.0. The summed E-state index contributed by atoms with van der Waals surface area (Å²) in [6.07, 6.45) is 1.88. The molecule has 0 radical (unpaired) electrons. The number of hydrogen-bond donors (Lipinski definition) is 1. The smallest absolute Gasteiger partial charge is 0.326 e. The van der Waals surface area contributed by atoms with Crippen LogP contribution in [0.15, 0.2) is 0 Å². The highest BCUT2D eigenvalue weighted by Gasteiger charge is 2.35. The van der Waals surface area contributed by atoms with Gasteiger partial charge in [0.15, 0.2) is 0 Å². The maximum absolute atomic E-state index is 12.0. The lowest BCUT2D eigenvalue weighted by atomic mass is 10.0. The van der Waals surface area contributed by atoms with Gasteiger partial charge in [-0.2, -0.15) is 0 Å². The van der Waals surface area contributed by atoms with Crippen molar-refractivity contribution in [2.75, 3.05) is 6.54 Å². The number of rotatable bonds is 4. The van der Waals surface area contributed by atoms with E-state index >= 15 is 0 Å². The van der Waals surface area contributed by atoms with E-state index in [0.717, 1.165) is 11.3 Å². The number of amides is 1. The molecular formula is C11H17NO3S. The molecule has 0 spiro atoms. The first-order valence-electron chi connectivity index (χ1n) is 5.46. The van der Waals surface area contributed by atoms with Gasteiger partial charge in [0.25, 0.3) is 0 Å². The number of hydrogen-bond acceptors (Lipinski definition) is 3. The molecule has 1 saturated heterocycles. The van der Waals surface area contributed by atoms with Crippen LogP contribution in [0.1, 0.15) is 33.1 Å². The van der Waals surface area contributed by atoms with Gasteiger partial charge in [-0.05, 0) is 31.1 Å². The number of nitrogens with zero attached hydrogens (tertiary/aromatic N) is 1. The van der Waals surface area contributed by atoms with Crippen LogP contribution in [-0.4, -0.2) is 39.3 Å². The number of thiocarbonyl (C=S) groups is 1. The van der Waals surface area contributed by atoms with Gasteiger partial charge in [0.2, 0.25) is 5.91 Å². The molecule has 2 atom stereocenters. The summed E-state index contributed by atoms with van der Waals surface area (Å²) >= 11 is 4.96. The highest BCUT2D eigenvalue weighted by molar-refractivity contribution is 7.80. The summed E-state index contributed by atoms with van der Waals surface area (Å²) in [5.41, 5.74) is 0. The first kappa shape index (κ1) is 13.1. The van der Waals surface area contributed by atoms with E-state index in [1.54, 1.807) is 13.8 Å². The van der Waals surface area contributed by atoms with Crippen LogP contribution in [0.5, 0.6) is 0 Å². The fraction of sp³-hybridized carbons (Fsp3) is 0.727. The predicted octanol–water partition coefficient (Wildman–Crippen LogP) is 1.48. The second kappa shape index (κ2) is 5.39. The van der Waals surface area contributed by atoms with Gasteiger partial charge >= 0.3 is 5.97 Å². The van der Waals surface area contributed by atoms with Crippen molar-refractivity contribution < 1.29 is 14.7 Å². The summed E-state index contributed by atoms with van der Waals surface area (Å²) in [5.74, 6) is -1.20. The maximum Gasteiger partial charge on any atom is 0.326 e. The van der Waals surface area contributed by atoms with Crippen LogP contribution < -0.4 is 0 Å². The van der Waals surface area contributed by atoms with Gasteiger partial charge in [-0.1, -0.05) is 19.1 Å². The molecule has 4 nitrogen and oxygen atoms in total. The van der Waals surface area contributed by atoms with Gasteiger partial charge in [0, 0.05) is 12.5 Å². The van der Waals surface area contributed by atoms with Crippen LogP contribution in [-0.2, 0) is 9.59 Å². The largest absolute Gasteiger partial charge is 0.480 e. The van der Waals surface area contributed by atoms with Crippen molar-refractivity contribution in [2.24, 2.45) is 5.92 Å². The summed E-state index contributed by atoms with van der Waals surface area (Å²) in [6, 6.07) is -0.639. The molecule has 16 heavy (non-hydrogen) atoms. The van der Waals surface area contributed by atoms with Crippen molar-refractivity contribution in [3.05, 3.63) is 0 Å². The van der Waals surface area contributed by atoms with Gasteiger partial charge in [-0.3, -0.25) is 4.79 Å². The third kappa shape index (κ3) is 3.01. The fourth-order valence-electron chi connectivity index (χ4n) is 2.09. The van der Waals surface area contributed by atoms with Gasteiger partial charge in [-0.25, -0.2) is 4.79 Å². The van der Waals surface area contributed by atoms with E-state index in [2.05, 4.69) is 0 Å². The van der Waals surface area contributed by atoms with E-state index in [-0.39, 0.29) is 11.8 Å². The molecule has 1 amide bonds. The Morgan fingerprint density at radius 3 is 2.69 bits per heavy atom. The third-order valence-electron chi connectivity index (χ3n) is 2.84. The number of carbonyl (C=O) groups is 2. The van der Waals surface area contributed by atoms with Gasteiger partial charge < -0.3 is 10.0 Å². The van der Waals surface area contributed by atoms with Crippen molar-refractivity contribution in [1.29, 1.82) is 0 Å². The summed E-state index contributed by atoms with van der Waals surface area (Å²) in [4.78, 5) is 25.2. The molecule has 0 bridgehead atoms. The molecule has 0 unspecified atom stereocenters. The van der Waals surface area contributed by atoms with E-state index < -0.39 is 12.0 Å². The van der Waals surface area contributed by atoms with Crippen molar-refractivity contribution in [1.82, 2.24) is 4.90 Å². The molecule has 1 aliphatic rings. The van der Waals surface area contributed by atoms with Gasteiger partial charge in [0.05, 0.1) is 0 Å². The summed E-state index contributed by atoms with van der Waals surface area (Å²) in [5, 5.41) is 8.98. The van der Waals surface area contributed by atoms with Crippen LogP contribution >= 0.6 is 12.2 Å². The second-order valence-electron chi connectivity index (χ2n) is 4.34. The van der Waals surface area contributed by atoms with E-state index in [1.165, 1.54) is 4.90 Å². The second-order valence-corrected chi connectivity index (χ2v) is 5.03. The minimum absolute atomic E-state index is 0.0888. The van der Waals surface area contributed by atoms with E-state index in [9.17, 15) is 9.59 Å². The number of aliphatic carboxylic acids is 1. The molecule has 90 valence electrons. The number of carbonyl (C=O) groups excluding carboxylic acids is 1. The Hall–Kier alpha value is -0.970. The molecule has 1 aliphatic heterocycles. The van der Waals surface area contributed by atoms with Crippen molar-refractivity contribution >= 4 is 29.0 Å². The Balaban J connectivity index is 2.65. The summed E-state index contributed by atoms with van der Waals surface area (Å²) < 4.78 is 0. The normalized spacial score (nSPS) is 21.9. The SMILES string of the molecule is CC(=S)C[C@H](C)C(=O)N1CCC[C@H]1C(=O)O. The van der Waals surface area contributed by atoms with Crippen LogP contribution in [0.2, 0.25) is 0 Å². The van der Waals surface area contributed by atoms with Gasteiger partial charge in [-0.15, -0.1) is 0 Å². The lowest BCUT2D eigenvalue weighted by Crippen LogP contribution is -2.43. The molecule has 0 aliphatic carbocycles. The van der Waals surface area contributed by atoms with Crippen LogP contribution in [0.25, 0.3) is 0 Å². The summed E-state index contributed by atoms with van der Waals surface area (Å²) in [7, 11) is 0. The molecule has 1 N–H and O–H groups in total. The highest BCUT2D eigenvalue weighted by atomic mass is 32.1. The average molecular weight is 243 g/mol. The zero-order chi connectivity index (χ0) is 12.3. The Bertz CT molecular complexity index is 316. The van der Waals surface area contributed by atoms with Crippen LogP contribution in [0.3, 0.4) is 0 Å². The zero-order valence-corrected chi connectivity index (χ0v) is 10.4. The minimum Gasteiger partial charge on any atom is -0.480 e. The molecule has 1 heterocycles. The molecule has 5 heteroatoms. The van der Waals surface area contributed by atoms with Crippen LogP contribution in [0, 0.1) is 5.92 Å². The molecule has 0 aromatic heterocycles. The summed E-state index contributed by atoms with van der Waals surface area (Å²) in [6.45, 7) is 4.16. The molecule has 0 saturated carbocycles. The van der Waals surface area contributed by atoms with Crippen LogP contribution in [0.4, 0.5) is 0 Å². The minimum atomic E-state index is -0.905. The molecule has 1 fully saturated rings. The zero-order valence-electron chi connectivity index (χ0n) is 9.60. The standard InChI is InChI=1S/C11H17NO3S/c1-7(6-8(2)16)10(13)12-5-3-4-9(12)11(14)15/h7,9H,3-6H2,1-2H3,(H,14,15)/t7-,9-/m0/s1. The fourth-order valence-corrected chi connectivity index (χ4v) is 2.34. The number of carboxylic acid groups (broad SMARTS) is 1. The lowest BCUT2D eigenvalue weighted by Gasteiger charge is -2.24. The van der Waals surface area contributed by atoms with Crippen molar-refractivity contribution in [3.63, 3.8) is 0 Å². The highest BCUT2D eigenvalue weighted by Crippen LogP contribution is 2.21. The monoisotopic (exact) mass is 243 g/mol. The number of likely N-dealkylation sites (tertiary alicyclic amines) is 1. The Labute approximate surface area is 101 Å². The topological polar surface area (TPSA) is 57.6 Å². The molecular weight excluding hydrogens is 226 g/mol. The van der Waals surface area contributed by atoms with E-state index in [1.807, 2.05) is 0 Å². The van der Waals surface area contributed by atoms with Crippen molar-refractivity contribution in [2.45, 2.75) is 39.2 Å². The van der Waals surface area contributed by atoms with E-state index in [4.69, 9.17) is 17.3 Å². The van der Waals surface area contributed by atoms with E-state index in [0.29, 0.717) is 19.4 Å². The molecule has 1 rings (SSSR count). The predicted molar refractivity (Wildman–Crippen MR) is 64.4 cm³/mol. The molecule has 0 aromatic carbocycles. The average Bonchev–Trinajstić information content (AvgIpc) is 2.63. The van der Waals surface area contributed by atoms with Gasteiger partial charge in [0.1, 0.15) is 6.04 Å². The van der Waals surface area contributed by atoms with Crippen molar-refractivity contribution in [3.8, 4) is 0 Å².